The third-order valence-corrected chi connectivity index (χ3v) is 1.60. The van der Waals surface area contributed by atoms with Gasteiger partial charge in [-0.3, -0.25) is 0 Å². The molecule has 0 aliphatic heterocycles. The molecule has 0 aliphatic rings. The van der Waals surface area contributed by atoms with Crippen LogP contribution in [0.4, 0.5) is 0 Å². The average Bonchev–Trinajstić information content (AvgIpc) is 1.65. The Balaban J connectivity index is 4.01. The van der Waals surface area contributed by atoms with Crippen molar-refractivity contribution in [1.29, 1.82) is 0 Å². The molecule has 0 fully saturated rings. The second kappa shape index (κ2) is 2.88. The van der Waals surface area contributed by atoms with Crippen molar-refractivity contribution in [2.75, 3.05) is 0 Å². The van der Waals surface area contributed by atoms with E-state index in [1.807, 2.05) is 0 Å². The zero-order chi connectivity index (χ0) is 7.65. The molecular formula is C3H12N3O2P. The fourth-order valence-electron chi connectivity index (χ4n) is 0.172. The van der Waals surface area contributed by atoms with Gasteiger partial charge in [0.2, 0.25) is 0 Å². The zero-order valence-corrected chi connectivity index (χ0v) is 6.01. The van der Waals surface area contributed by atoms with Crippen molar-refractivity contribution in [1.82, 2.24) is 0 Å². The van der Waals surface area contributed by atoms with Crippen LogP contribution in [0.25, 0.3) is 0 Å². The number of hydrogen-bond donors (Lipinski definition) is 5. The van der Waals surface area contributed by atoms with Crippen LogP contribution in [-0.2, 0) is 0 Å². The average molecular weight is 153 g/mol. The first-order valence-corrected chi connectivity index (χ1v) is 3.00. The van der Waals surface area contributed by atoms with E-state index in [0.717, 1.165) is 0 Å². The van der Waals surface area contributed by atoms with Crippen LogP contribution >= 0.6 is 9.24 Å². The van der Waals surface area contributed by atoms with Crippen LogP contribution in [0.1, 0.15) is 0 Å². The van der Waals surface area contributed by atoms with Crippen LogP contribution in [0.5, 0.6) is 0 Å². The first-order valence-electron chi connectivity index (χ1n) is 2.34. The van der Waals surface area contributed by atoms with E-state index < -0.39 is 17.7 Å². The Hall–Kier alpha value is 0.230. The molecule has 0 amide bonds. The number of aliphatic hydroxyl groups is 2. The van der Waals surface area contributed by atoms with Gasteiger partial charge in [-0.1, -0.05) is 0 Å². The zero-order valence-electron chi connectivity index (χ0n) is 4.86. The van der Waals surface area contributed by atoms with Gasteiger partial charge in [-0.2, -0.15) is 0 Å². The van der Waals surface area contributed by atoms with Crippen LogP contribution in [0.15, 0.2) is 0 Å². The lowest BCUT2D eigenvalue weighted by Gasteiger charge is -2.29. The van der Waals surface area contributed by atoms with Gasteiger partial charge >= 0.3 is 0 Å². The Kier molecular flexibility index (Phi) is 2.95. The summed E-state index contributed by atoms with van der Waals surface area (Å²) < 4.78 is 0. The van der Waals surface area contributed by atoms with Gasteiger partial charge < -0.3 is 27.4 Å². The lowest BCUT2D eigenvalue weighted by Crippen LogP contribution is -2.67. The number of aliphatic hydroxyl groups excluding tert-OH is 1. The van der Waals surface area contributed by atoms with Gasteiger partial charge in [-0.25, -0.2) is 0 Å². The Morgan fingerprint density at radius 1 is 1.33 bits per heavy atom. The molecule has 0 spiro atoms. The highest BCUT2D eigenvalue weighted by atomic mass is 31.0. The summed E-state index contributed by atoms with van der Waals surface area (Å²) in [6.45, 7) is 0. The van der Waals surface area contributed by atoms with E-state index >= 15 is 0 Å². The molecule has 0 aliphatic carbocycles. The molecule has 0 saturated heterocycles. The molecule has 0 rings (SSSR count). The quantitative estimate of drug-likeness (QED) is 0.215. The van der Waals surface area contributed by atoms with Gasteiger partial charge in [-0.15, -0.1) is 9.24 Å². The fraction of sp³-hybridized carbons (Fsp3) is 1.00. The van der Waals surface area contributed by atoms with Gasteiger partial charge in [0.25, 0.3) is 0 Å². The highest BCUT2D eigenvalue weighted by Gasteiger charge is 2.31. The second-order valence-corrected chi connectivity index (χ2v) is 2.62. The summed E-state index contributed by atoms with van der Waals surface area (Å²) in [5, 5.41) is 16.9. The maximum absolute atomic E-state index is 8.46. The molecule has 0 bridgehead atoms. The molecule has 0 aromatic rings. The first-order chi connectivity index (χ1) is 3.89. The molecule has 0 saturated carbocycles. The SMILES string of the molecule is NC(P)C(N)(N)C(O)O. The van der Waals surface area contributed by atoms with Gasteiger partial charge in [-0.05, 0) is 0 Å². The summed E-state index contributed by atoms with van der Waals surface area (Å²) in [6, 6.07) is 0. The minimum atomic E-state index is -1.80. The van der Waals surface area contributed by atoms with Crippen LogP contribution in [0.2, 0.25) is 0 Å². The van der Waals surface area contributed by atoms with E-state index in [1.165, 1.54) is 0 Å². The standard InChI is InChI=1S/C3H12N3O2P/c4-1(9)3(5,6)2(7)8/h1-2,7-8H,4-6,9H2. The lowest BCUT2D eigenvalue weighted by atomic mass is 10.2. The predicted octanol–water partition coefficient (Wildman–Crippen LogP) is -2.93. The van der Waals surface area contributed by atoms with Gasteiger partial charge in [0, 0.05) is 0 Å². The normalized spacial score (nSPS) is 16.3. The monoisotopic (exact) mass is 153 g/mol. The van der Waals surface area contributed by atoms with Crippen LogP contribution in [0.3, 0.4) is 0 Å². The summed E-state index contributed by atoms with van der Waals surface area (Å²) in [5.74, 6) is -0.738. The highest BCUT2D eigenvalue weighted by molar-refractivity contribution is 7.17. The Bertz CT molecular complexity index is 85.1. The third-order valence-electron chi connectivity index (χ3n) is 1.02. The van der Waals surface area contributed by atoms with Gasteiger partial charge in [0.15, 0.2) is 6.29 Å². The van der Waals surface area contributed by atoms with Gasteiger partial charge in [0.1, 0.15) is 5.66 Å². The maximum Gasteiger partial charge on any atom is 0.185 e. The van der Waals surface area contributed by atoms with E-state index in [2.05, 4.69) is 9.24 Å². The molecular weight excluding hydrogens is 141 g/mol. The fourth-order valence-corrected chi connectivity index (χ4v) is 0.344. The molecule has 56 valence electrons. The van der Waals surface area contributed by atoms with Crippen molar-refractivity contribution >= 4 is 9.24 Å². The van der Waals surface area contributed by atoms with Crippen LogP contribution in [-0.4, -0.2) is 27.9 Å². The van der Waals surface area contributed by atoms with E-state index in [1.54, 1.807) is 0 Å². The molecule has 2 atom stereocenters. The molecule has 2 unspecified atom stereocenters. The maximum atomic E-state index is 8.46. The largest absolute Gasteiger partial charge is 0.365 e. The minimum Gasteiger partial charge on any atom is -0.365 e. The summed E-state index contributed by atoms with van der Waals surface area (Å²) >= 11 is 0. The molecule has 8 N–H and O–H groups in total. The van der Waals surface area contributed by atoms with Crippen molar-refractivity contribution in [2.24, 2.45) is 17.2 Å². The van der Waals surface area contributed by atoms with Crippen molar-refractivity contribution < 1.29 is 10.2 Å². The summed E-state index contributed by atoms with van der Waals surface area (Å²) in [6.07, 6.45) is -1.80. The van der Waals surface area contributed by atoms with E-state index in [-0.39, 0.29) is 0 Å². The third kappa shape index (κ3) is 2.14. The molecule has 9 heavy (non-hydrogen) atoms. The Labute approximate surface area is 55.4 Å². The van der Waals surface area contributed by atoms with Crippen molar-refractivity contribution in [3.05, 3.63) is 0 Å². The molecule has 5 nitrogen and oxygen atoms in total. The van der Waals surface area contributed by atoms with E-state index in [0.29, 0.717) is 0 Å². The Morgan fingerprint density at radius 3 is 1.67 bits per heavy atom. The molecule has 0 aromatic carbocycles. The van der Waals surface area contributed by atoms with Crippen molar-refractivity contribution in [3.8, 4) is 0 Å². The number of nitrogens with two attached hydrogens (primary N) is 3. The number of rotatable bonds is 2. The first kappa shape index (κ1) is 9.23. The summed E-state index contributed by atoms with van der Waals surface area (Å²) in [7, 11) is 2.08. The molecule has 6 heteroatoms. The minimum absolute atomic E-state index is 0.738. The predicted molar refractivity (Wildman–Crippen MR) is 37.0 cm³/mol. The molecule has 0 aromatic heterocycles. The summed E-state index contributed by atoms with van der Waals surface area (Å²) in [4.78, 5) is 0. The highest BCUT2D eigenvalue weighted by Crippen LogP contribution is 2.06. The lowest BCUT2D eigenvalue weighted by molar-refractivity contribution is -0.0945. The van der Waals surface area contributed by atoms with E-state index in [4.69, 9.17) is 27.4 Å². The number of hydrogen-bond acceptors (Lipinski definition) is 5. The summed E-state index contributed by atoms with van der Waals surface area (Å²) in [5.41, 5.74) is 13.8. The Morgan fingerprint density at radius 2 is 1.67 bits per heavy atom. The van der Waals surface area contributed by atoms with Crippen LogP contribution in [0, 0.1) is 0 Å². The van der Waals surface area contributed by atoms with E-state index in [9.17, 15) is 0 Å². The molecule has 0 heterocycles. The second-order valence-electron chi connectivity index (χ2n) is 1.90. The molecule has 0 radical (unpaired) electrons. The topological polar surface area (TPSA) is 119 Å². The van der Waals surface area contributed by atoms with Crippen LogP contribution < -0.4 is 17.2 Å². The van der Waals surface area contributed by atoms with Crippen molar-refractivity contribution in [3.63, 3.8) is 0 Å². The smallest absolute Gasteiger partial charge is 0.185 e. The van der Waals surface area contributed by atoms with Gasteiger partial charge in [0.05, 0.1) is 5.78 Å². The van der Waals surface area contributed by atoms with Crippen molar-refractivity contribution in [2.45, 2.75) is 17.7 Å².